The molecule has 0 radical (unpaired) electrons. The van der Waals surface area contributed by atoms with Crippen LogP contribution >= 0.6 is 0 Å². The molecule has 5 heteroatoms. The number of aryl methyl sites for hydroxylation is 1. The summed E-state index contributed by atoms with van der Waals surface area (Å²) < 4.78 is 5.02. The number of carbonyl (C=O) groups excluding carboxylic acids is 2. The van der Waals surface area contributed by atoms with Crippen LogP contribution in [0.1, 0.15) is 33.5 Å². The van der Waals surface area contributed by atoms with Crippen molar-refractivity contribution < 1.29 is 14.3 Å². The highest BCUT2D eigenvalue weighted by Gasteiger charge is 2.20. The van der Waals surface area contributed by atoms with E-state index < -0.39 is 5.97 Å². The van der Waals surface area contributed by atoms with Crippen molar-refractivity contribution in [3.63, 3.8) is 0 Å². The molecule has 0 amide bonds. The van der Waals surface area contributed by atoms with E-state index in [1.54, 1.807) is 6.92 Å². The second kappa shape index (κ2) is 5.01. The zero-order chi connectivity index (χ0) is 15.0. The topological polar surface area (TPSA) is 72.0 Å². The Morgan fingerprint density at radius 1 is 1.38 bits per heavy atom. The van der Waals surface area contributed by atoms with Crippen LogP contribution in [0.3, 0.4) is 0 Å². The highest BCUT2D eigenvalue weighted by atomic mass is 16.5. The number of hydrogen-bond donors (Lipinski definition) is 1. The number of nitrogens with one attached hydrogen (secondary N) is 1. The molecule has 0 saturated carbocycles. The lowest BCUT2D eigenvalue weighted by molar-refractivity contribution is 0.0519. The number of esters is 1. The van der Waals surface area contributed by atoms with Crippen LogP contribution in [0.5, 0.6) is 0 Å². The number of benzene rings is 1. The number of aromatic amines is 1. The summed E-state index contributed by atoms with van der Waals surface area (Å²) in [7, 11) is 0. The van der Waals surface area contributed by atoms with Crippen LogP contribution in [0, 0.1) is 6.92 Å². The molecule has 1 N–H and O–H groups in total. The zero-order valence-electron chi connectivity index (χ0n) is 11.8. The first-order valence-electron chi connectivity index (χ1n) is 6.70. The van der Waals surface area contributed by atoms with Crippen LogP contribution in [0.4, 0.5) is 0 Å². The van der Waals surface area contributed by atoms with Gasteiger partial charge in [-0.25, -0.2) is 9.78 Å². The fraction of sp³-hybridized carbons (Fsp3) is 0.188. The maximum atomic E-state index is 12.0. The van der Waals surface area contributed by atoms with E-state index in [1.807, 2.05) is 31.2 Å². The van der Waals surface area contributed by atoms with Gasteiger partial charge in [-0.15, -0.1) is 0 Å². The molecule has 106 valence electrons. The third-order valence-corrected chi connectivity index (χ3v) is 3.51. The summed E-state index contributed by atoms with van der Waals surface area (Å²) in [4.78, 5) is 30.7. The van der Waals surface area contributed by atoms with Crippen LogP contribution in [0.2, 0.25) is 0 Å². The second-order valence-electron chi connectivity index (χ2n) is 4.73. The van der Waals surface area contributed by atoms with E-state index >= 15 is 0 Å². The molecule has 0 saturated heterocycles. The van der Waals surface area contributed by atoms with Gasteiger partial charge in [-0.3, -0.25) is 4.79 Å². The van der Waals surface area contributed by atoms with Gasteiger partial charge in [0.2, 0.25) is 0 Å². The van der Waals surface area contributed by atoms with Gasteiger partial charge in [0.05, 0.1) is 12.1 Å². The van der Waals surface area contributed by atoms with E-state index in [-0.39, 0.29) is 18.0 Å². The Bertz CT molecular complexity index is 865. The van der Waals surface area contributed by atoms with Gasteiger partial charge in [-0.1, -0.05) is 18.2 Å². The van der Waals surface area contributed by atoms with Crippen molar-refractivity contribution in [3.8, 4) is 0 Å². The third-order valence-electron chi connectivity index (χ3n) is 3.51. The number of fused-ring (bicyclic) bond motifs is 3. The number of carbonyl (C=O) groups is 2. The fourth-order valence-electron chi connectivity index (χ4n) is 2.59. The molecule has 0 unspecified atom stereocenters. The van der Waals surface area contributed by atoms with E-state index in [9.17, 15) is 9.59 Å². The van der Waals surface area contributed by atoms with Crippen molar-refractivity contribution in [1.82, 2.24) is 9.97 Å². The molecule has 0 aliphatic rings. The first kappa shape index (κ1) is 13.3. The van der Waals surface area contributed by atoms with Crippen LogP contribution in [-0.2, 0) is 4.74 Å². The average Bonchev–Trinajstić information content (AvgIpc) is 2.88. The standard InChI is InChI=1S/C16H14N2O3/c1-3-21-16(20)14-9(2)13-10-6-4-5-7-11(10)17-15(13)12(8-19)18-14/h4-8,17H,3H2,1-2H3. The van der Waals surface area contributed by atoms with Crippen molar-refractivity contribution in [2.45, 2.75) is 13.8 Å². The van der Waals surface area contributed by atoms with Gasteiger partial charge in [0, 0.05) is 16.3 Å². The number of aromatic nitrogens is 2. The Hall–Kier alpha value is -2.69. The van der Waals surface area contributed by atoms with E-state index in [2.05, 4.69) is 9.97 Å². The predicted molar refractivity (Wildman–Crippen MR) is 79.7 cm³/mol. The van der Waals surface area contributed by atoms with Crippen LogP contribution in [0.15, 0.2) is 24.3 Å². The fourth-order valence-corrected chi connectivity index (χ4v) is 2.59. The minimum Gasteiger partial charge on any atom is -0.461 e. The first-order valence-corrected chi connectivity index (χ1v) is 6.70. The summed E-state index contributed by atoms with van der Waals surface area (Å²) in [6.45, 7) is 3.82. The summed E-state index contributed by atoms with van der Waals surface area (Å²) in [6, 6.07) is 7.70. The SMILES string of the molecule is CCOC(=O)c1nc(C=O)c2[nH]c3ccccc3c2c1C. The van der Waals surface area contributed by atoms with Crippen molar-refractivity contribution in [2.75, 3.05) is 6.61 Å². The van der Waals surface area contributed by atoms with Crippen LogP contribution < -0.4 is 0 Å². The minimum atomic E-state index is -0.509. The van der Waals surface area contributed by atoms with Gasteiger partial charge in [0.25, 0.3) is 0 Å². The van der Waals surface area contributed by atoms with Crippen molar-refractivity contribution in [3.05, 3.63) is 41.2 Å². The molecule has 3 rings (SSSR count). The summed E-state index contributed by atoms with van der Waals surface area (Å²) in [5, 5.41) is 1.80. The van der Waals surface area contributed by atoms with Crippen molar-refractivity contribution >= 4 is 34.1 Å². The highest BCUT2D eigenvalue weighted by molar-refractivity contribution is 6.14. The highest BCUT2D eigenvalue weighted by Crippen LogP contribution is 2.30. The van der Waals surface area contributed by atoms with Crippen molar-refractivity contribution in [2.24, 2.45) is 0 Å². The van der Waals surface area contributed by atoms with Crippen LogP contribution in [0.25, 0.3) is 21.8 Å². The number of H-pyrrole nitrogens is 1. The Balaban J connectivity index is 2.42. The number of para-hydroxylation sites is 1. The third kappa shape index (κ3) is 1.98. The largest absolute Gasteiger partial charge is 0.461 e. The van der Waals surface area contributed by atoms with Crippen molar-refractivity contribution in [1.29, 1.82) is 0 Å². The van der Waals surface area contributed by atoms with Gasteiger partial charge in [-0.2, -0.15) is 0 Å². The molecular formula is C16H14N2O3. The lowest BCUT2D eigenvalue weighted by Crippen LogP contribution is -2.11. The number of nitrogens with zero attached hydrogens (tertiary/aromatic N) is 1. The lowest BCUT2D eigenvalue weighted by Gasteiger charge is -2.07. The summed E-state index contributed by atoms with van der Waals surface area (Å²) in [6.07, 6.45) is 0.653. The molecular weight excluding hydrogens is 268 g/mol. The molecule has 5 nitrogen and oxygen atoms in total. The minimum absolute atomic E-state index is 0.191. The molecule has 2 heterocycles. The Morgan fingerprint density at radius 2 is 2.14 bits per heavy atom. The van der Waals surface area contributed by atoms with Gasteiger partial charge in [0.1, 0.15) is 5.69 Å². The molecule has 0 aliphatic heterocycles. The van der Waals surface area contributed by atoms with Gasteiger partial charge in [-0.05, 0) is 25.5 Å². The predicted octanol–water partition coefficient (Wildman–Crippen LogP) is 3.01. The van der Waals surface area contributed by atoms with Gasteiger partial charge in [0.15, 0.2) is 12.0 Å². The molecule has 21 heavy (non-hydrogen) atoms. The smallest absolute Gasteiger partial charge is 0.357 e. The molecule has 0 aliphatic carbocycles. The van der Waals surface area contributed by atoms with E-state index in [4.69, 9.17) is 4.74 Å². The normalized spacial score (nSPS) is 11.0. The molecule has 0 bridgehead atoms. The Labute approximate surface area is 120 Å². The summed E-state index contributed by atoms with van der Waals surface area (Å²) >= 11 is 0. The zero-order valence-corrected chi connectivity index (χ0v) is 11.8. The maximum absolute atomic E-state index is 12.0. The summed E-state index contributed by atoms with van der Waals surface area (Å²) in [5.74, 6) is -0.509. The Morgan fingerprint density at radius 3 is 2.86 bits per heavy atom. The van der Waals surface area contributed by atoms with E-state index in [0.29, 0.717) is 17.4 Å². The van der Waals surface area contributed by atoms with Crippen LogP contribution in [-0.4, -0.2) is 28.8 Å². The monoisotopic (exact) mass is 282 g/mol. The molecule has 2 aromatic heterocycles. The molecule has 0 spiro atoms. The quantitative estimate of drug-likeness (QED) is 0.592. The summed E-state index contributed by atoms with van der Waals surface area (Å²) in [5.41, 5.74) is 2.68. The Kier molecular flexibility index (Phi) is 3.17. The molecule has 0 atom stereocenters. The molecule has 3 aromatic rings. The first-order chi connectivity index (χ1) is 10.2. The number of hydrogen-bond acceptors (Lipinski definition) is 4. The van der Waals surface area contributed by atoms with E-state index in [0.717, 1.165) is 16.3 Å². The number of ether oxygens (including phenoxy) is 1. The number of aldehydes is 1. The molecule has 0 fully saturated rings. The van der Waals surface area contributed by atoms with E-state index in [1.165, 1.54) is 0 Å². The van der Waals surface area contributed by atoms with Gasteiger partial charge < -0.3 is 9.72 Å². The average molecular weight is 282 g/mol. The number of pyridine rings is 1. The number of rotatable bonds is 3. The lowest BCUT2D eigenvalue weighted by atomic mass is 10.1. The maximum Gasteiger partial charge on any atom is 0.357 e. The van der Waals surface area contributed by atoms with Gasteiger partial charge >= 0.3 is 5.97 Å². The molecule has 1 aromatic carbocycles. The second-order valence-corrected chi connectivity index (χ2v) is 4.73.